The van der Waals surface area contributed by atoms with Gasteiger partial charge in [0, 0.05) is 23.9 Å². The van der Waals surface area contributed by atoms with Crippen molar-refractivity contribution in [3.05, 3.63) is 64.7 Å². The van der Waals surface area contributed by atoms with Crippen LogP contribution in [0.5, 0.6) is 0 Å². The van der Waals surface area contributed by atoms with Gasteiger partial charge in [-0.25, -0.2) is 4.79 Å². The molecule has 5 N–H and O–H groups in total. The summed E-state index contributed by atoms with van der Waals surface area (Å²) in [5.74, 6) is -0.355. The molecule has 0 spiro atoms. The van der Waals surface area contributed by atoms with Crippen LogP contribution in [0.2, 0.25) is 0 Å². The first kappa shape index (κ1) is 20.0. The number of nitrogens with two attached hydrogens (primary N) is 1. The van der Waals surface area contributed by atoms with Crippen LogP contribution in [0.15, 0.2) is 53.5 Å². The van der Waals surface area contributed by atoms with Gasteiger partial charge in [0.05, 0.1) is 19.1 Å². The Morgan fingerprint density at radius 2 is 2.03 bits per heavy atom. The second kappa shape index (κ2) is 8.23. The van der Waals surface area contributed by atoms with Crippen LogP contribution in [-0.2, 0) is 16.0 Å². The van der Waals surface area contributed by atoms with Crippen molar-refractivity contribution in [2.75, 3.05) is 17.7 Å². The fourth-order valence-electron chi connectivity index (χ4n) is 3.56. The maximum Gasteiger partial charge on any atom is 0.351 e. The molecular formula is C21H22N4O5. The van der Waals surface area contributed by atoms with E-state index < -0.39 is 24.1 Å². The van der Waals surface area contributed by atoms with Crippen LogP contribution in [0.1, 0.15) is 18.2 Å². The van der Waals surface area contributed by atoms with Crippen molar-refractivity contribution < 1.29 is 19.7 Å². The number of nitrogens with zero attached hydrogens (tertiary/aromatic N) is 2. The van der Waals surface area contributed by atoms with Gasteiger partial charge in [-0.15, -0.1) is 0 Å². The first-order valence-corrected chi connectivity index (χ1v) is 9.55. The molecule has 156 valence electrons. The van der Waals surface area contributed by atoms with Gasteiger partial charge in [-0.3, -0.25) is 9.36 Å². The van der Waals surface area contributed by atoms with Crippen molar-refractivity contribution in [3.8, 4) is 0 Å². The van der Waals surface area contributed by atoms with Crippen LogP contribution >= 0.6 is 0 Å². The fraction of sp³-hybridized carbons (Fsp3) is 0.286. The molecule has 2 heterocycles. The van der Waals surface area contributed by atoms with Crippen molar-refractivity contribution in [3.63, 3.8) is 0 Å². The van der Waals surface area contributed by atoms with Gasteiger partial charge in [-0.05, 0) is 22.9 Å². The summed E-state index contributed by atoms with van der Waals surface area (Å²) in [5, 5.41) is 24.0. The number of aliphatic hydroxyl groups excluding tert-OH is 2. The lowest BCUT2D eigenvalue weighted by Crippen LogP contribution is -2.30. The minimum atomic E-state index is -0.899. The van der Waals surface area contributed by atoms with E-state index in [9.17, 15) is 19.8 Å². The van der Waals surface area contributed by atoms with E-state index in [0.717, 1.165) is 10.8 Å². The number of aliphatic hydroxyl groups is 2. The quantitative estimate of drug-likeness (QED) is 0.488. The molecule has 1 aliphatic heterocycles. The van der Waals surface area contributed by atoms with Crippen molar-refractivity contribution in [2.24, 2.45) is 0 Å². The monoisotopic (exact) mass is 410 g/mol. The van der Waals surface area contributed by atoms with Gasteiger partial charge in [0.15, 0.2) is 0 Å². The first-order chi connectivity index (χ1) is 14.4. The van der Waals surface area contributed by atoms with Gasteiger partial charge in [0.2, 0.25) is 5.91 Å². The van der Waals surface area contributed by atoms with Crippen LogP contribution in [0.25, 0.3) is 10.8 Å². The number of anilines is 2. The third-order valence-electron chi connectivity index (χ3n) is 5.14. The Morgan fingerprint density at radius 1 is 1.27 bits per heavy atom. The molecule has 0 aliphatic carbocycles. The zero-order valence-electron chi connectivity index (χ0n) is 16.1. The molecule has 0 radical (unpaired) electrons. The van der Waals surface area contributed by atoms with Crippen molar-refractivity contribution in [1.29, 1.82) is 0 Å². The average molecular weight is 410 g/mol. The highest BCUT2D eigenvalue weighted by molar-refractivity contribution is 5.95. The highest BCUT2D eigenvalue weighted by Crippen LogP contribution is 2.28. The Bertz CT molecular complexity index is 1150. The number of aromatic nitrogens is 2. The van der Waals surface area contributed by atoms with Crippen molar-refractivity contribution in [2.45, 2.75) is 31.3 Å². The van der Waals surface area contributed by atoms with E-state index in [0.29, 0.717) is 11.3 Å². The minimum absolute atomic E-state index is 0.0397. The number of rotatable bonds is 5. The number of fused-ring (bicyclic) bond motifs is 1. The normalized spacial score (nSPS) is 21.1. The molecule has 1 unspecified atom stereocenters. The maximum absolute atomic E-state index is 12.6. The van der Waals surface area contributed by atoms with E-state index in [1.165, 1.54) is 10.8 Å². The predicted octanol–water partition coefficient (Wildman–Crippen LogP) is 0.801. The molecule has 9 heteroatoms. The van der Waals surface area contributed by atoms with Crippen LogP contribution in [-0.4, -0.2) is 44.5 Å². The van der Waals surface area contributed by atoms with E-state index in [-0.39, 0.29) is 31.2 Å². The summed E-state index contributed by atoms with van der Waals surface area (Å²) in [6.45, 7) is -0.365. The van der Waals surface area contributed by atoms with Crippen LogP contribution in [0.3, 0.4) is 0 Å². The van der Waals surface area contributed by atoms with Gasteiger partial charge in [0.1, 0.15) is 18.1 Å². The Hall–Kier alpha value is -3.27. The molecular weight excluding hydrogens is 388 g/mol. The minimum Gasteiger partial charge on any atom is -0.394 e. The standard InChI is InChI=1S/C21H22N4O5/c22-20-14(10-25(21(29)24-20)19-9-16(27)17(11-26)30-19)8-18(28)23-15-6-5-12-3-1-2-4-13(12)7-15/h1-7,10,16-17,19,26-27H,8-9,11H2,(H,23,28)(H2,22,24,29)/t16?,17-,19-/m1/s1. The number of nitrogen functional groups attached to an aromatic ring is 1. The average Bonchev–Trinajstić information content (AvgIpc) is 3.10. The Balaban J connectivity index is 1.52. The largest absolute Gasteiger partial charge is 0.394 e. The number of hydrogen-bond acceptors (Lipinski definition) is 7. The second-order valence-electron chi connectivity index (χ2n) is 7.24. The molecule has 1 amide bonds. The lowest BCUT2D eigenvalue weighted by molar-refractivity contribution is -0.115. The maximum atomic E-state index is 12.6. The Morgan fingerprint density at radius 3 is 2.77 bits per heavy atom. The van der Waals surface area contributed by atoms with E-state index in [2.05, 4.69) is 10.3 Å². The summed E-state index contributed by atoms with van der Waals surface area (Å²) in [7, 11) is 0. The molecule has 1 saturated heterocycles. The molecule has 4 rings (SSSR count). The molecule has 3 aromatic rings. The molecule has 0 bridgehead atoms. The zero-order valence-corrected chi connectivity index (χ0v) is 16.1. The highest BCUT2D eigenvalue weighted by atomic mass is 16.5. The van der Waals surface area contributed by atoms with Crippen molar-refractivity contribution in [1.82, 2.24) is 9.55 Å². The summed E-state index contributed by atoms with van der Waals surface area (Å²) in [5.41, 5.74) is 6.20. The molecule has 9 nitrogen and oxygen atoms in total. The molecule has 2 aromatic carbocycles. The lowest BCUT2D eigenvalue weighted by atomic mass is 10.1. The summed E-state index contributed by atoms with van der Waals surface area (Å²) >= 11 is 0. The van der Waals surface area contributed by atoms with Crippen LogP contribution in [0, 0.1) is 0 Å². The third kappa shape index (κ3) is 4.04. The number of ether oxygens (including phenoxy) is 1. The fourth-order valence-corrected chi connectivity index (χ4v) is 3.56. The predicted molar refractivity (Wildman–Crippen MR) is 111 cm³/mol. The lowest BCUT2D eigenvalue weighted by Gasteiger charge is -2.16. The first-order valence-electron chi connectivity index (χ1n) is 9.55. The van der Waals surface area contributed by atoms with Gasteiger partial charge >= 0.3 is 5.69 Å². The van der Waals surface area contributed by atoms with E-state index in [1.807, 2.05) is 42.5 Å². The van der Waals surface area contributed by atoms with E-state index in [4.69, 9.17) is 10.5 Å². The molecule has 1 fully saturated rings. The highest BCUT2D eigenvalue weighted by Gasteiger charge is 2.35. The smallest absolute Gasteiger partial charge is 0.351 e. The van der Waals surface area contributed by atoms with E-state index in [1.54, 1.807) is 0 Å². The SMILES string of the molecule is Nc1nc(=O)n([C@H]2CC(O)[C@@H](CO)O2)cc1CC(=O)Nc1ccc2ccccc2c1. The van der Waals surface area contributed by atoms with Gasteiger partial charge in [0.25, 0.3) is 0 Å². The number of nitrogens with one attached hydrogen (secondary N) is 1. The van der Waals surface area contributed by atoms with E-state index >= 15 is 0 Å². The molecule has 30 heavy (non-hydrogen) atoms. The summed E-state index contributed by atoms with van der Waals surface area (Å²) < 4.78 is 6.70. The zero-order chi connectivity index (χ0) is 21.3. The third-order valence-corrected chi connectivity index (χ3v) is 5.14. The van der Waals surface area contributed by atoms with Crippen LogP contribution in [0.4, 0.5) is 11.5 Å². The van der Waals surface area contributed by atoms with Gasteiger partial charge < -0.3 is 26.0 Å². The molecule has 3 atom stereocenters. The Kier molecular flexibility index (Phi) is 5.49. The summed E-state index contributed by atoms with van der Waals surface area (Å²) in [4.78, 5) is 28.6. The molecule has 1 aliphatic rings. The number of benzene rings is 2. The number of hydrogen-bond donors (Lipinski definition) is 4. The topological polar surface area (TPSA) is 140 Å². The van der Waals surface area contributed by atoms with Gasteiger partial charge in [-0.2, -0.15) is 4.98 Å². The number of carbonyl (C=O) groups is 1. The second-order valence-corrected chi connectivity index (χ2v) is 7.24. The van der Waals surface area contributed by atoms with Crippen LogP contribution < -0.4 is 16.7 Å². The molecule has 0 saturated carbocycles. The number of amides is 1. The summed E-state index contributed by atoms with van der Waals surface area (Å²) in [6.07, 6.45) is -1.02. The Labute approximate surface area is 171 Å². The number of carbonyl (C=O) groups excluding carboxylic acids is 1. The molecule has 1 aromatic heterocycles. The van der Waals surface area contributed by atoms with Crippen molar-refractivity contribution >= 4 is 28.2 Å². The van der Waals surface area contributed by atoms with Gasteiger partial charge in [-0.1, -0.05) is 30.3 Å². The summed E-state index contributed by atoms with van der Waals surface area (Å²) in [6, 6.07) is 13.4.